The van der Waals surface area contributed by atoms with Gasteiger partial charge in [-0.25, -0.2) is 0 Å². The van der Waals surface area contributed by atoms with Gasteiger partial charge in [0.25, 0.3) is 0 Å². The number of hydrogen-bond donors (Lipinski definition) is 2. The lowest BCUT2D eigenvalue weighted by molar-refractivity contribution is -0.142. The van der Waals surface area contributed by atoms with E-state index in [2.05, 4.69) is 37.7 Å². The number of carboxylic acid groups (broad SMARTS) is 1. The van der Waals surface area contributed by atoms with Crippen LogP contribution in [0, 0.1) is 0 Å². The fraction of sp³-hybridized carbons (Fsp3) is 0.929. The number of carbonyl (C=O) groups is 1. The molecule has 0 amide bonds. The van der Waals surface area contributed by atoms with Crippen molar-refractivity contribution in [1.29, 1.82) is 0 Å². The lowest BCUT2D eigenvalue weighted by atomic mass is 9.96. The molecule has 0 saturated carbocycles. The van der Waals surface area contributed by atoms with Gasteiger partial charge in [0.2, 0.25) is 0 Å². The third-order valence-corrected chi connectivity index (χ3v) is 3.54. The van der Waals surface area contributed by atoms with E-state index in [-0.39, 0.29) is 0 Å². The summed E-state index contributed by atoms with van der Waals surface area (Å²) >= 11 is 0. The Balaban J connectivity index is 4.00. The van der Waals surface area contributed by atoms with Crippen molar-refractivity contribution in [3.05, 3.63) is 0 Å². The minimum atomic E-state index is -1.09. The first-order valence-electron chi connectivity index (χ1n) is 7.11. The summed E-state index contributed by atoms with van der Waals surface area (Å²) in [5.74, 6) is -0.916. The predicted molar refractivity (Wildman–Crippen MR) is 79.3 cm³/mol. The summed E-state index contributed by atoms with van der Waals surface area (Å²) < 4.78 is 0. The van der Waals surface area contributed by atoms with Gasteiger partial charge < -0.3 is 15.7 Å². The average molecular weight is 273 g/mol. The van der Waals surface area contributed by atoms with Crippen molar-refractivity contribution in [1.82, 2.24) is 9.80 Å². The summed E-state index contributed by atoms with van der Waals surface area (Å²) in [5, 5.41) is 8.94. The summed E-state index contributed by atoms with van der Waals surface area (Å²) in [6, 6.07) is 0.517. The molecule has 0 saturated heterocycles. The lowest BCUT2D eigenvalue weighted by Gasteiger charge is -2.30. The highest BCUT2D eigenvalue weighted by atomic mass is 16.4. The molecule has 0 bridgehead atoms. The van der Waals surface area contributed by atoms with E-state index in [1.807, 2.05) is 0 Å². The van der Waals surface area contributed by atoms with Crippen LogP contribution in [0.3, 0.4) is 0 Å². The molecule has 3 N–H and O–H groups in total. The Kier molecular flexibility index (Phi) is 8.22. The lowest BCUT2D eigenvalue weighted by Crippen LogP contribution is -2.45. The molecule has 2 unspecified atom stereocenters. The normalized spacial score (nSPS) is 16.6. The second kappa shape index (κ2) is 8.51. The summed E-state index contributed by atoms with van der Waals surface area (Å²) in [5.41, 5.74) is 4.62. The van der Waals surface area contributed by atoms with E-state index >= 15 is 0 Å². The van der Waals surface area contributed by atoms with Gasteiger partial charge in [-0.15, -0.1) is 0 Å². The second-order valence-electron chi connectivity index (χ2n) is 5.92. The van der Waals surface area contributed by atoms with E-state index in [1.54, 1.807) is 6.92 Å². The van der Waals surface area contributed by atoms with E-state index in [1.165, 1.54) is 0 Å². The van der Waals surface area contributed by atoms with Crippen LogP contribution in [-0.4, -0.2) is 66.2 Å². The third kappa shape index (κ3) is 7.50. The van der Waals surface area contributed by atoms with Crippen molar-refractivity contribution in [2.24, 2.45) is 5.73 Å². The molecule has 0 rings (SSSR count). The zero-order chi connectivity index (χ0) is 15.1. The number of rotatable bonds is 10. The van der Waals surface area contributed by atoms with Gasteiger partial charge in [-0.2, -0.15) is 0 Å². The molecule has 19 heavy (non-hydrogen) atoms. The van der Waals surface area contributed by atoms with Crippen LogP contribution >= 0.6 is 0 Å². The smallest absolute Gasteiger partial charge is 0.323 e. The van der Waals surface area contributed by atoms with Gasteiger partial charge in [0.15, 0.2) is 0 Å². The minimum Gasteiger partial charge on any atom is -0.480 e. The molecule has 2 atom stereocenters. The first-order chi connectivity index (χ1) is 8.70. The van der Waals surface area contributed by atoms with Crippen LogP contribution in [0.5, 0.6) is 0 Å². The molecular weight excluding hydrogens is 242 g/mol. The molecule has 0 aliphatic heterocycles. The van der Waals surface area contributed by atoms with Crippen molar-refractivity contribution < 1.29 is 9.90 Å². The Morgan fingerprint density at radius 1 is 1.37 bits per heavy atom. The molecule has 0 aromatic carbocycles. The van der Waals surface area contributed by atoms with Crippen LogP contribution in [0.25, 0.3) is 0 Å². The molecule has 0 heterocycles. The SMILES string of the molecule is CCN(CCCCC(C)(N)C(=O)O)C(C)CN(C)C. The number of nitrogens with zero attached hydrogens (tertiary/aromatic N) is 2. The number of carboxylic acids is 1. The highest BCUT2D eigenvalue weighted by molar-refractivity contribution is 5.77. The topological polar surface area (TPSA) is 69.8 Å². The highest BCUT2D eigenvalue weighted by Crippen LogP contribution is 2.12. The Hall–Kier alpha value is -0.650. The standard InChI is InChI=1S/C14H31N3O2/c1-6-17(12(2)11-16(4)5)10-8-7-9-14(3,15)13(18)19/h12H,6-11,15H2,1-5H3,(H,18,19). The Morgan fingerprint density at radius 3 is 2.37 bits per heavy atom. The van der Waals surface area contributed by atoms with Crippen molar-refractivity contribution in [3.8, 4) is 0 Å². The van der Waals surface area contributed by atoms with E-state index in [0.29, 0.717) is 12.5 Å². The molecule has 5 nitrogen and oxygen atoms in total. The third-order valence-electron chi connectivity index (χ3n) is 3.54. The fourth-order valence-corrected chi connectivity index (χ4v) is 2.25. The molecule has 0 aromatic rings. The van der Waals surface area contributed by atoms with Gasteiger partial charge in [-0.3, -0.25) is 9.69 Å². The molecule has 114 valence electrons. The molecule has 0 aliphatic carbocycles. The number of likely N-dealkylation sites (N-methyl/N-ethyl adjacent to an activating group) is 2. The summed E-state index contributed by atoms with van der Waals surface area (Å²) in [6.07, 6.45) is 2.37. The second-order valence-corrected chi connectivity index (χ2v) is 5.92. The number of nitrogens with two attached hydrogens (primary N) is 1. The maximum absolute atomic E-state index is 10.9. The van der Waals surface area contributed by atoms with Gasteiger partial charge in [-0.05, 0) is 60.3 Å². The van der Waals surface area contributed by atoms with Gasteiger partial charge in [0.1, 0.15) is 5.54 Å². The van der Waals surface area contributed by atoms with Crippen molar-refractivity contribution in [3.63, 3.8) is 0 Å². The maximum Gasteiger partial charge on any atom is 0.323 e. The van der Waals surface area contributed by atoms with E-state index in [9.17, 15) is 4.79 Å². The quantitative estimate of drug-likeness (QED) is 0.586. The summed E-state index contributed by atoms with van der Waals surface area (Å²) in [7, 11) is 4.16. The van der Waals surface area contributed by atoms with Crippen molar-refractivity contribution >= 4 is 5.97 Å². The summed E-state index contributed by atoms with van der Waals surface area (Å²) in [4.78, 5) is 15.5. The predicted octanol–water partition coefficient (Wildman–Crippen LogP) is 1.23. The van der Waals surface area contributed by atoms with Crippen LogP contribution in [0.1, 0.15) is 40.0 Å². The fourth-order valence-electron chi connectivity index (χ4n) is 2.25. The zero-order valence-corrected chi connectivity index (χ0v) is 13.1. The van der Waals surface area contributed by atoms with Crippen molar-refractivity contribution in [2.75, 3.05) is 33.7 Å². The number of aliphatic carboxylic acids is 1. The van der Waals surface area contributed by atoms with Crippen LogP contribution in [0.4, 0.5) is 0 Å². The van der Waals surface area contributed by atoms with E-state index in [4.69, 9.17) is 10.8 Å². The Morgan fingerprint density at radius 2 is 1.95 bits per heavy atom. The van der Waals surface area contributed by atoms with Crippen LogP contribution in [-0.2, 0) is 4.79 Å². The molecule has 0 fully saturated rings. The monoisotopic (exact) mass is 273 g/mol. The largest absolute Gasteiger partial charge is 0.480 e. The molecular formula is C14H31N3O2. The zero-order valence-electron chi connectivity index (χ0n) is 13.1. The highest BCUT2D eigenvalue weighted by Gasteiger charge is 2.26. The van der Waals surface area contributed by atoms with Crippen LogP contribution in [0.15, 0.2) is 0 Å². The van der Waals surface area contributed by atoms with Gasteiger partial charge in [0.05, 0.1) is 0 Å². The molecule has 0 radical (unpaired) electrons. The number of hydrogen-bond acceptors (Lipinski definition) is 4. The first-order valence-corrected chi connectivity index (χ1v) is 7.11. The average Bonchev–Trinajstić information content (AvgIpc) is 2.27. The van der Waals surface area contributed by atoms with Crippen LogP contribution < -0.4 is 5.73 Å². The number of unbranched alkanes of at least 4 members (excludes halogenated alkanes) is 1. The molecule has 0 aliphatic rings. The van der Waals surface area contributed by atoms with Gasteiger partial charge in [0, 0.05) is 12.6 Å². The van der Waals surface area contributed by atoms with E-state index < -0.39 is 11.5 Å². The summed E-state index contributed by atoms with van der Waals surface area (Å²) in [6.45, 7) is 9.04. The molecule has 0 spiro atoms. The van der Waals surface area contributed by atoms with Gasteiger partial charge >= 0.3 is 5.97 Å². The van der Waals surface area contributed by atoms with Crippen molar-refractivity contribution in [2.45, 2.75) is 51.6 Å². The molecule has 0 aromatic heterocycles. The minimum absolute atomic E-state index is 0.517. The Bertz CT molecular complexity index is 267. The van der Waals surface area contributed by atoms with Crippen LogP contribution in [0.2, 0.25) is 0 Å². The van der Waals surface area contributed by atoms with Gasteiger partial charge in [-0.1, -0.05) is 6.92 Å². The molecule has 5 heteroatoms. The maximum atomic E-state index is 10.9. The Labute approximate surface area is 117 Å². The van der Waals surface area contributed by atoms with E-state index in [0.717, 1.165) is 32.5 Å². The first kappa shape index (κ1) is 18.4.